The molecule has 0 saturated carbocycles. The summed E-state index contributed by atoms with van der Waals surface area (Å²) < 4.78 is 1.40. The number of amides is 1. The van der Waals surface area contributed by atoms with Crippen LogP contribution in [0.5, 0.6) is 0 Å². The summed E-state index contributed by atoms with van der Waals surface area (Å²) in [5, 5.41) is 12.7. The number of aromatic nitrogens is 4. The molecule has 1 amide bonds. The van der Waals surface area contributed by atoms with E-state index in [9.17, 15) is 9.59 Å². The van der Waals surface area contributed by atoms with Crippen LogP contribution in [0, 0.1) is 6.92 Å². The van der Waals surface area contributed by atoms with Crippen LogP contribution in [0.15, 0.2) is 53.6 Å². The van der Waals surface area contributed by atoms with E-state index in [0.29, 0.717) is 28.0 Å². The molecular weight excluding hydrogens is 374 g/mol. The number of nitrogens with one attached hydrogen (secondary N) is 1. The Hall–Kier alpha value is -3.39. The van der Waals surface area contributed by atoms with Crippen molar-refractivity contribution in [3.8, 4) is 0 Å². The number of fused-ring (bicyclic) bond motifs is 1. The molecule has 0 radical (unpaired) electrons. The van der Waals surface area contributed by atoms with Gasteiger partial charge in [-0.1, -0.05) is 41.2 Å². The van der Waals surface area contributed by atoms with E-state index in [1.807, 2.05) is 25.1 Å². The van der Waals surface area contributed by atoms with Crippen LogP contribution < -0.4 is 10.9 Å². The van der Waals surface area contributed by atoms with E-state index >= 15 is 0 Å². The number of anilines is 1. The van der Waals surface area contributed by atoms with Crippen molar-refractivity contribution in [2.75, 3.05) is 5.32 Å². The van der Waals surface area contributed by atoms with Crippen molar-refractivity contribution < 1.29 is 4.79 Å². The smallest absolute Gasteiger partial charge is 0.260 e. The van der Waals surface area contributed by atoms with E-state index in [-0.39, 0.29) is 11.5 Å². The predicted octanol–water partition coefficient (Wildman–Crippen LogP) is 2.94. The second kappa shape index (κ2) is 7.32. The van der Waals surface area contributed by atoms with Gasteiger partial charge in [-0.25, -0.2) is 4.98 Å². The molecule has 0 unspecified atom stereocenters. The van der Waals surface area contributed by atoms with Crippen LogP contribution in [0.2, 0.25) is 0 Å². The molecule has 0 bridgehead atoms. The fourth-order valence-electron chi connectivity index (χ4n) is 2.89. The molecule has 2 aromatic carbocycles. The average Bonchev–Trinajstić information content (AvgIpc) is 3.11. The molecule has 28 heavy (non-hydrogen) atoms. The van der Waals surface area contributed by atoms with Gasteiger partial charge in [0, 0.05) is 19.0 Å². The summed E-state index contributed by atoms with van der Waals surface area (Å²) in [4.78, 5) is 28.8. The highest BCUT2D eigenvalue weighted by molar-refractivity contribution is 7.15. The molecule has 8 heteroatoms. The summed E-state index contributed by atoms with van der Waals surface area (Å²) in [7, 11) is 1.64. The molecule has 0 aliphatic carbocycles. The lowest BCUT2D eigenvalue weighted by molar-refractivity contribution is 0.102. The lowest BCUT2D eigenvalue weighted by atomic mass is 10.1. The van der Waals surface area contributed by atoms with Gasteiger partial charge < -0.3 is 4.57 Å². The fourth-order valence-corrected chi connectivity index (χ4v) is 3.66. The first-order valence-electron chi connectivity index (χ1n) is 8.64. The number of rotatable bonds is 4. The Morgan fingerprint density at radius 2 is 2.04 bits per heavy atom. The minimum atomic E-state index is -0.317. The molecule has 0 spiro atoms. The summed E-state index contributed by atoms with van der Waals surface area (Å²) in [6.07, 6.45) is 2.10. The molecule has 0 atom stereocenters. The number of carbonyl (C=O) groups excluding carboxylic acids is 1. The number of hydrogen-bond acceptors (Lipinski definition) is 6. The lowest BCUT2D eigenvalue weighted by Crippen LogP contribution is -2.17. The standard InChI is InChI=1S/C20H17N5O2S/c1-12-4-3-5-13(8-12)9-17-23-24-20(28-17)22-18(26)14-6-7-15-16(10-14)21-11-25(2)19(15)27/h3-8,10-11H,9H2,1-2H3,(H,22,24,26). The van der Waals surface area contributed by atoms with E-state index in [0.717, 1.165) is 10.6 Å². The van der Waals surface area contributed by atoms with Crippen LogP contribution in [0.3, 0.4) is 0 Å². The largest absolute Gasteiger partial charge is 0.302 e. The molecule has 0 aliphatic heterocycles. The van der Waals surface area contributed by atoms with E-state index in [1.54, 1.807) is 25.2 Å². The summed E-state index contributed by atoms with van der Waals surface area (Å²) in [5.74, 6) is -0.317. The van der Waals surface area contributed by atoms with E-state index in [1.165, 1.54) is 27.8 Å². The van der Waals surface area contributed by atoms with Gasteiger partial charge in [-0.15, -0.1) is 10.2 Å². The monoisotopic (exact) mass is 391 g/mol. The zero-order valence-electron chi connectivity index (χ0n) is 15.3. The highest BCUT2D eigenvalue weighted by Crippen LogP contribution is 2.20. The summed E-state index contributed by atoms with van der Waals surface area (Å²) >= 11 is 1.34. The zero-order valence-corrected chi connectivity index (χ0v) is 16.2. The van der Waals surface area contributed by atoms with Crippen molar-refractivity contribution in [1.29, 1.82) is 0 Å². The van der Waals surface area contributed by atoms with Crippen molar-refractivity contribution in [2.24, 2.45) is 7.05 Å². The minimum absolute atomic E-state index is 0.151. The maximum absolute atomic E-state index is 12.5. The first-order chi connectivity index (χ1) is 13.5. The molecular formula is C20H17N5O2S. The third-order valence-corrected chi connectivity index (χ3v) is 5.14. The van der Waals surface area contributed by atoms with Gasteiger partial charge in [-0.2, -0.15) is 0 Å². The van der Waals surface area contributed by atoms with Crippen LogP contribution in [0.25, 0.3) is 10.9 Å². The normalized spacial score (nSPS) is 10.9. The van der Waals surface area contributed by atoms with E-state index in [2.05, 4.69) is 26.6 Å². The molecule has 0 saturated heterocycles. The lowest BCUT2D eigenvalue weighted by Gasteiger charge is -2.04. The Kier molecular flexibility index (Phi) is 4.70. The number of carbonyl (C=O) groups is 1. The first-order valence-corrected chi connectivity index (χ1v) is 9.46. The van der Waals surface area contributed by atoms with Gasteiger partial charge in [0.2, 0.25) is 5.13 Å². The third-order valence-electron chi connectivity index (χ3n) is 4.31. The third kappa shape index (κ3) is 3.67. The summed E-state index contributed by atoms with van der Waals surface area (Å²) in [6, 6.07) is 13.0. The first kappa shape index (κ1) is 18.0. The van der Waals surface area contributed by atoms with Crippen molar-refractivity contribution in [3.63, 3.8) is 0 Å². The number of nitrogens with zero attached hydrogens (tertiary/aromatic N) is 4. The van der Waals surface area contributed by atoms with Crippen LogP contribution in [-0.2, 0) is 13.5 Å². The van der Waals surface area contributed by atoms with E-state index < -0.39 is 0 Å². The molecule has 4 aromatic rings. The molecule has 4 rings (SSSR count). The molecule has 1 N–H and O–H groups in total. The highest BCUT2D eigenvalue weighted by Gasteiger charge is 2.12. The van der Waals surface area contributed by atoms with Crippen molar-refractivity contribution in [3.05, 3.63) is 80.8 Å². The maximum Gasteiger partial charge on any atom is 0.260 e. The van der Waals surface area contributed by atoms with Crippen molar-refractivity contribution >= 4 is 33.3 Å². The van der Waals surface area contributed by atoms with Crippen LogP contribution in [0.4, 0.5) is 5.13 Å². The van der Waals surface area contributed by atoms with Gasteiger partial charge in [0.1, 0.15) is 5.01 Å². The minimum Gasteiger partial charge on any atom is -0.302 e. The van der Waals surface area contributed by atoms with Gasteiger partial charge in [0.25, 0.3) is 11.5 Å². The van der Waals surface area contributed by atoms with E-state index in [4.69, 9.17) is 0 Å². The fraction of sp³-hybridized carbons (Fsp3) is 0.150. The molecule has 7 nitrogen and oxygen atoms in total. The van der Waals surface area contributed by atoms with Gasteiger partial charge in [0.15, 0.2) is 0 Å². The Morgan fingerprint density at radius 1 is 1.18 bits per heavy atom. The summed E-state index contributed by atoms with van der Waals surface area (Å²) in [5.41, 5.74) is 3.07. The average molecular weight is 391 g/mol. The van der Waals surface area contributed by atoms with Gasteiger partial charge in [-0.05, 0) is 30.7 Å². The van der Waals surface area contributed by atoms with Gasteiger partial charge >= 0.3 is 0 Å². The Bertz CT molecular complexity index is 1240. The molecule has 140 valence electrons. The van der Waals surface area contributed by atoms with Crippen molar-refractivity contribution in [1.82, 2.24) is 19.7 Å². The summed E-state index contributed by atoms with van der Waals surface area (Å²) in [6.45, 7) is 2.05. The number of benzene rings is 2. The maximum atomic E-state index is 12.5. The number of aryl methyl sites for hydroxylation is 2. The predicted molar refractivity (Wildman–Crippen MR) is 109 cm³/mol. The quantitative estimate of drug-likeness (QED) is 0.578. The molecule has 0 aliphatic rings. The Morgan fingerprint density at radius 3 is 2.86 bits per heavy atom. The van der Waals surface area contributed by atoms with Gasteiger partial charge in [-0.3, -0.25) is 14.9 Å². The molecule has 2 aromatic heterocycles. The van der Waals surface area contributed by atoms with Crippen molar-refractivity contribution in [2.45, 2.75) is 13.3 Å². The zero-order chi connectivity index (χ0) is 19.7. The highest BCUT2D eigenvalue weighted by atomic mass is 32.1. The Labute approximate surface area is 164 Å². The molecule has 2 heterocycles. The second-order valence-corrected chi connectivity index (χ2v) is 7.58. The van der Waals surface area contributed by atoms with Gasteiger partial charge in [0.05, 0.1) is 17.2 Å². The SMILES string of the molecule is Cc1cccc(Cc2nnc(NC(=O)c3ccc4c(=O)n(C)cnc4c3)s2)c1. The van der Waals surface area contributed by atoms with Crippen LogP contribution >= 0.6 is 11.3 Å². The van der Waals surface area contributed by atoms with Crippen LogP contribution in [-0.4, -0.2) is 25.7 Å². The number of hydrogen-bond donors (Lipinski definition) is 1. The van der Waals surface area contributed by atoms with Crippen LogP contribution in [0.1, 0.15) is 26.5 Å². The topological polar surface area (TPSA) is 89.8 Å². The second-order valence-electron chi connectivity index (χ2n) is 6.51. The molecule has 0 fully saturated rings. The Balaban J connectivity index is 1.51.